The van der Waals surface area contributed by atoms with E-state index in [1.165, 1.54) is 11.3 Å². The van der Waals surface area contributed by atoms with Crippen molar-refractivity contribution in [3.8, 4) is 0 Å². The molecule has 8 nitrogen and oxygen atoms in total. The van der Waals surface area contributed by atoms with Gasteiger partial charge in [0.25, 0.3) is 0 Å². The fourth-order valence-corrected chi connectivity index (χ4v) is 3.47. The van der Waals surface area contributed by atoms with Crippen molar-refractivity contribution in [2.45, 2.75) is 33.2 Å². The summed E-state index contributed by atoms with van der Waals surface area (Å²) < 4.78 is 1.98. The molecule has 23 heavy (non-hydrogen) atoms. The summed E-state index contributed by atoms with van der Waals surface area (Å²) in [6.07, 6.45) is 2.26. The molecule has 0 aliphatic carbocycles. The summed E-state index contributed by atoms with van der Waals surface area (Å²) in [5.74, 6) is 2.23. The normalized spacial score (nSPS) is 19.0. The van der Waals surface area contributed by atoms with E-state index < -0.39 is 0 Å². The zero-order chi connectivity index (χ0) is 16.2. The Morgan fingerprint density at radius 3 is 3.04 bits per heavy atom. The average Bonchev–Trinajstić information content (AvgIpc) is 3.09. The van der Waals surface area contributed by atoms with Crippen molar-refractivity contribution >= 4 is 22.4 Å². The number of likely N-dealkylation sites (tertiary alicyclic amines) is 1. The van der Waals surface area contributed by atoms with Crippen LogP contribution in [0.2, 0.25) is 0 Å². The van der Waals surface area contributed by atoms with Gasteiger partial charge in [-0.25, -0.2) is 9.67 Å². The molecule has 0 spiro atoms. The first-order valence-electron chi connectivity index (χ1n) is 7.76. The maximum Gasteiger partial charge on any atom is 0.240 e. The van der Waals surface area contributed by atoms with E-state index in [9.17, 15) is 4.79 Å². The van der Waals surface area contributed by atoms with E-state index >= 15 is 0 Å². The second-order valence-corrected chi connectivity index (χ2v) is 6.76. The van der Waals surface area contributed by atoms with Gasteiger partial charge in [-0.15, -0.1) is 10.2 Å². The van der Waals surface area contributed by atoms with Gasteiger partial charge in [-0.1, -0.05) is 11.3 Å². The molecule has 1 fully saturated rings. The van der Waals surface area contributed by atoms with E-state index in [0.29, 0.717) is 17.6 Å². The Labute approximate surface area is 138 Å². The zero-order valence-corrected chi connectivity index (χ0v) is 14.2. The molecular weight excluding hydrogens is 314 g/mol. The smallest absolute Gasteiger partial charge is 0.240 e. The number of piperidine rings is 1. The third-order valence-electron chi connectivity index (χ3n) is 3.97. The molecule has 3 rings (SSSR count). The number of nitrogens with zero attached hydrogens (tertiary/aromatic N) is 6. The molecule has 1 unspecified atom stereocenters. The maximum atomic E-state index is 12.1. The van der Waals surface area contributed by atoms with Crippen LogP contribution in [0.15, 0.2) is 5.51 Å². The fraction of sp³-hybridized carbons (Fsp3) is 0.643. The second-order valence-electron chi connectivity index (χ2n) is 5.92. The predicted octanol–water partition coefficient (Wildman–Crippen LogP) is 1.10. The lowest BCUT2D eigenvalue weighted by atomic mass is 9.98. The van der Waals surface area contributed by atoms with E-state index in [2.05, 4.69) is 30.5 Å². The maximum absolute atomic E-state index is 12.1. The molecule has 0 radical (unpaired) electrons. The van der Waals surface area contributed by atoms with Gasteiger partial charge in [0, 0.05) is 13.1 Å². The van der Waals surface area contributed by atoms with E-state index in [1.54, 1.807) is 5.51 Å². The minimum atomic E-state index is -0.0322. The second kappa shape index (κ2) is 7.14. The van der Waals surface area contributed by atoms with Crippen molar-refractivity contribution in [1.29, 1.82) is 0 Å². The molecule has 1 aliphatic heterocycles. The number of carbonyl (C=O) groups excluding carboxylic acids is 1. The van der Waals surface area contributed by atoms with E-state index in [1.807, 2.05) is 18.5 Å². The first-order valence-corrected chi connectivity index (χ1v) is 8.64. The standard InChI is InChI=1S/C14H21N7OS/c1-10-16-11(2)21(19-10)7-12-4-3-5-20(6-12)8-13(22)17-14-18-15-9-23-14/h9,12H,3-8H2,1-2H3,(H,17,18,22). The Morgan fingerprint density at radius 2 is 2.35 bits per heavy atom. The molecule has 0 bridgehead atoms. The van der Waals surface area contributed by atoms with Crippen LogP contribution in [-0.4, -0.2) is 55.4 Å². The van der Waals surface area contributed by atoms with Crippen molar-refractivity contribution in [3.63, 3.8) is 0 Å². The number of carbonyl (C=O) groups is 1. The van der Waals surface area contributed by atoms with Crippen LogP contribution in [0, 0.1) is 19.8 Å². The van der Waals surface area contributed by atoms with Crippen molar-refractivity contribution in [1.82, 2.24) is 29.9 Å². The number of amides is 1. The molecule has 0 aromatic carbocycles. The van der Waals surface area contributed by atoms with Crippen LogP contribution >= 0.6 is 11.3 Å². The van der Waals surface area contributed by atoms with Gasteiger partial charge in [-0.3, -0.25) is 15.0 Å². The van der Waals surface area contributed by atoms with E-state index in [-0.39, 0.29) is 5.91 Å². The van der Waals surface area contributed by atoms with Gasteiger partial charge in [-0.2, -0.15) is 5.10 Å². The van der Waals surface area contributed by atoms with Crippen molar-refractivity contribution in [3.05, 3.63) is 17.2 Å². The van der Waals surface area contributed by atoms with Crippen molar-refractivity contribution in [2.24, 2.45) is 5.92 Å². The molecule has 1 amide bonds. The number of nitrogens with one attached hydrogen (secondary N) is 1. The first kappa shape index (κ1) is 16.0. The zero-order valence-electron chi connectivity index (χ0n) is 13.4. The topological polar surface area (TPSA) is 88.8 Å². The van der Waals surface area contributed by atoms with Crippen LogP contribution in [-0.2, 0) is 11.3 Å². The van der Waals surface area contributed by atoms with Gasteiger partial charge in [0.2, 0.25) is 11.0 Å². The average molecular weight is 335 g/mol. The Balaban J connectivity index is 1.51. The minimum Gasteiger partial charge on any atom is -0.299 e. The molecule has 1 saturated heterocycles. The highest BCUT2D eigenvalue weighted by molar-refractivity contribution is 7.13. The quantitative estimate of drug-likeness (QED) is 0.880. The lowest BCUT2D eigenvalue weighted by molar-refractivity contribution is -0.117. The monoisotopic (exact) mass is 335 g/mol. The first-order chi connectivity index (χ1) is 11.1. The Bertz CT molecular complexity index is 654. The van der Waals surface area contributed by atoms with Gasteiger partial charge in [-0.05, 0) is 39.2 Å². The van der Waals surface area contributed by atoms with Crippen molar-refractivity contribution < 1.29 is 4.79 Å². The van der Waals surface area contributed by atoms with Gasteiger partial charge < -0.3 is 0 Å². The molecule has 2 aromatic heterocycles. The number of aromatic nitrogens is 5. The highest BCUT2D eigenvalue weighted by Crippen LogP contribution is 2.19. The predicted molar refractivity (Wildman–Crippen MR) is 87.2 cm³/mol. The van der Waals surface area contributed by atoms with Gasteiger partial charge in [0.15, 0.2) is 0 Å². The molecule has 3 heterocycles. The summed E-state index contributed by atoms with van der Waals surface area (Å²) >= 11 is 1.33. The number of hydrogen-bond donors (Lipinski definition) is 1. The number of anilines is 1. The third kappa shape index (κ3) is 4.32. The minimum absolute atomic E-state index is 0.0322. The Hall–Kier alpha value is -1.87. The van der Waals surface area contributed by atoms with Crippen LogP contribution in [0.5, 0.6) is 0 Å². The summed E-state index contributed by atoms with van der Waals surface area (Å²) in [5, 5.41) is 15.3. The summed E-state index contributed by atoms with van der Waals surface area (Å²) in [6, 6.07) is 0. The summed E-state index contributed by atoms with van der Waals surface area (Å²) in [4.78, 5) is 18.6. The lowest BCUT2D eigenvalue weighted by Crippen LogP contribution is -2.41. The molecular formula is C14H21N7OS. The molecule has 1 atom stereocenters. The SMILES string of the molecule is Cc1nc(C)n(CC2CCCN(CC(=O)Nc3nncs3)C2)n1. The highest BCUT2D eigenvalue weighted by Gasteiger charge is 2.23. The summed E-state index contributed by atoms with van der Waals surface area (Å²) in [5.41, 5.74) is 1.61. The Morgan fingerprint density at radius 1 is 1.48 bits per heavy atom. The summed E-state index contributed by atoms with van der Waals surface area (Å²) in [6.45, 7) is 7.01. The Kier molecular flexibility index (Phi) is 4.97. The molecule has 2 aromatic rings. The van der Waals surface area contributed by atoms with Crippen LogP contribution in [0.4, 0.5) is 5.13 Å². The summed E-state index contributed by atoms with van der Waals surface area (Å²) in [7, 11) is 0. The van der Waals surface area contributed by atoms with Gasteiger partial charge in [0.1, 0.15) is 17.2 Å². The molecule has 124 valence electrons. The van der Waals surface area contributed by atoms with Gasteiger partial charge in [0.05, 0.1) is 6.54 Å². The van der Waals surface area contributed by atoms with Crippen LogP contribution in [0.25, 0.3) is 0 Å². The van der Waals surface area contributed by atoms with E-state index in [0.717, 1.165) is 44.1 Å². The van der Waals surface area contributed by atoms with Crippen molar-refractivity contribution in [2.75, 3.05) is 25.0 Å². The largest absolute Gasteiger partial charge is 0.299 e. The lowest BCUT2D eigenvalue weighted by Gasteiger charge is -2.32. The fourth-order valence-electron chi connectivity index (χ4n) is 3.01. The highest BCUT2D eigenvalue weighted by atomic mass is 32.1. The van der Waals surface area contributed by atoms with E-state index in [4.69, 9.17) is 0 Å². The number of rotatable bonds is 5. The molecule has 9 heteroatoms. The number of aryl methyl sites for hydroxylation is 2. The third-order valence-corrected chi connectivity index (χ3v) is 4.58. The molecule has 1 aliphatic rings. The molecule has 1 N–H and O–H groups in total. The molecule has 0 saturated carbocycles. The van der Waals surface area contributed by atoms with Crippen LogP contribution in [0.3, 0.4) is 0 Å². The van der Waals surface area contributed by atoms with Crippen LogP contribution in [0.1, 0.15) is 24.5 Å². The number of hydrogen-bond acceptors (Lipinski definition) is 7. The van der Waals surface area contributed by atoms with Gasteiger partial charge >= 0.3 is 0 Å². The van der Waals surface area contributed by atoms with Crippen LogP contribution < -0.4 is 5.32 Å².